The Labute approximate surface area is 149 Å². The van der Waals surface area contributed by atoms with E-state index in [2.05, 4.69) is 21.7 Å². The standard InChI is InChI=1S/C17H18N4O3S/c1-17(2,3)24-16(23)19-9-14(22)21-15-20-13(10-25-15)12-6-4-5-11(7-12)8-18/h4-7,10H,9H2,1-3H3,(H,19,23)(H,20,21,22). The third kappa shape index (κ3) is 5.90. The quantitative estimate of drug-likeness (QED) is 0.874. The maximum atomic E-state index is 11.9. The zero-order valence-electron chi connectivity index (χ0n) is 14.1. The molecule has 8 heteroatoms. The van der Waals surface area contributed by atoms with Crippen LogP contribution in [0.4, 0.5) is 9.93 Å². The number of aromatic nitrogens is 1. The van der Waals surface area contributed by atoms with Crippen molar-refractivity contribution >= 4 is 28.5 Å². The van der Waals surface area contributed by atoms with Crippen LogP contribution in [0.2, 0.25) is 0 Å². The van der Waals surface area contributed by atoms with E-state index in [9.17, 15) is 9.59 Å². The second kappa shape index (κ2) is 7.77. The normalized spacial score (nSPS) is 10.6. The third-order valence-electron chi connectivity index (χ3n) is 2.83. The Hall–Kier alpha value is -2.92. The third-order valence-corrected chi connectivity index (χ3v) is 3.59. The van der Waals surface area contributed by atoms with Crippen LogP contribution >= 0.6 is 11.3 Å². The number of carbonyl (C=O) groups excluding carboxylic acids is 2. The number of alkyl carbamates (subject to hydrolysis) is 1. The SMILES string of the molecule is CC(C)(C)OC(=O)NCC(=O)Nc1nc(-c2cccc(C#N)c2)cs1. The molecule has 1 aromatic carbocycles. The number of carbonyl (C=O) groups is 2. The van der Waals surface area contributed by atoms with Gasteiger partial charge >= 0.3 is 6.09 Å². The second-order valence-corrected chi connectivity index (χ2v) is 6.99. The van der Waals surface area contributed by atoms with Crippen LogP contribution in [-0.4, -0.2) is 29.1 Å². The van der Waals surface area contributed by atoms with E-state index in [4.69, 9.17) is 10.00 Å². The summed E-state index contributed by atoms with van der Waals surface area (Å²) >= 11 is 1.26. The molecule has 0 radical (unpaired) electrons. The number of anilines is 1. The summed E-state index contributed by atoms with van der Waals surface area (Å²) in [5.74, 6) is -0.405. The number of rotatable bonds is 4. The van der Waals surface area contributed by atoms with E-state index in [0.717, 1.165) is 5.56 Å². The Morgan fingerprint density at radius 3 is 2.80 bits per heavy atom. The second-order valence-electron chi connectivity index (χ2n) is 6.13. The monoisotopic (exact) mass is 358 g/mol. The largest absolute Gasteiger partial charge is 0.444 e. The number of ether oxygens (including phenoxy) is 1. The molecule has 0 spiro atoms. The first-order valence-corrected chi connectivity index (χ1v) is 8.37. The average molecular weight is 358 g/mol. The molecule has 0 saturated carbocycles. The molecule has 130 valence electrons. The van der Waals surface area contributed by atoms with Gasteiger partial charge in [0, 0.05) is 10.9 Å². The van der Waals surface area contributed by atoms with Crippen molar-refractivity contribution < 1.29 is 14.3 Å². The van der Waals surface area contributed by atoms with E-state index in [0.29, 0.717) is 16.4 Å². The van der Waals surface area contributed by atoms with Gasteiger partial charge in [-0.25, -0.2) is 9.78 Å². The van der Waals surface area contributed by atoms with Crippen LogP contribution in [0.3, 0.4) is 0 Å². The number of benzene rings is 1. The van der Waals surface area contributed by atoms with Crippen LogP contribution in [0.1, 0.15) is 26.3 Å². The van der Waals surface area contributed by atoms with Crippen molar-refractivity contribution in [3.05, 3.63) is 35.2 Å². The molecule has 0 bridgehead atoms. The zero-order valence-corrected chi connectivity index (χ0v) is 14.9. The molecule has 0 aliphatic carbocycles. The molecule has 7 nitrogen and oxygen atoms in total. The van der Waals surface area contributed by atoms with Crippen LogP contribution < -0.4 is 10.6 Å². The van der Waals surface area contributed by atoms with E-state index < -0.39 is 17.6 Å². The molecule has 2 aromatic rings. The average Bonchev–Trinajstić information content (AvgIpc) is 3.00. The molecule has 0 aliphatic rings. The number of amides is 2. The van der Waals surface area contributed by atoms with Crippen LogP contribution in [-0.2, 0) is 9.53 Å². The van der Waals surface area contributed by atoms with Crippen molar-refractivity contribution in [3.63, 3.8) is 0 Å². The minimum atomic E-state index is -0.657. The van der Waals surface area contributed by atoms with Crippen LogP contribution in [0.25, 0.3) is 11.3 Å². The molecule has 0 fully saturated rings. The van der Waals surface area contributed by atoms with Gasteiger partial charge in [0.1, 0.15) is 12.1 Å². The highest BCUT2D eigenvalue weighted by Gasteiger charge is 2.17. The Morgan fingerprint density at radius 2 is 2.12 bits per heavy atom. The predicted molar refractivity (Wildman–Crippen MR) is 95.1 cm³/mol. The molecule has 2 N–H and O–H groups in total. The van der Waals surface area contributed by atoms with Gasteiger partial charge in [0.25, 0.3) is 0 Å². The van der Waals surface area contributed by atoms with E-state index >= 15 is 0 Å². The summed E-state index contributed by atoms with van der Waals surface area (Å²) in [7, 11) is 0. The Kier molecular flexibility index (Phi) is 5.72. The summed E-state index contributed by atoms with van der Waals surface area (Å²) in [5.41, 5.74) is 1.38. The first-order valence-electron chi connectivity index (χ1n) is 7.49. The Morgan fingerprint density at radius 1 is 1.36 bits per heavy atom. The summed E-state index contributed by atoms with van der Waals surface area (Å²) in [5, 5.41) is 16.1. The maximum Gasteiger partial charge on any atom is 0.408 e. The summed E-state index contributed by atoms with van der Waals surface area (Å²) in [6.07, 6.45) is -0.657. The zero-order chi connectivity index (χ0) is 18.4. The minimum Gasteiger partial charge on any atom is -0.444 e. The summed E-state index contributed by atoms with van der Waals surface area (Å²) in [6.45, 7) is 5.01. The molecule has 1 heterocycles. The van der Waals surface area contributed by atoms with Crippen LogP contribution in [0.5, 0.6) is 0 Å². The van der Waals surface area contributed by atoms with Gasteiger partial charge in [-0.1, -0.05) is 12.1 Å². The number of nitriles is 1. The van der Waals surface area contributed by atoms with Crippen molar-refractivity contribution in [2.45, 2.75) is 26.4 Å². The summed E-state index contributed by atoms with van der Waals surface area (Å²) < 4.78 is 5.05. The smallest absolute Gasteiger partial charge is 0.408 e. The number of nitrogens with one attached hydrogen (secondary N) is 2. The molecule has 2 amide bonds. The lowest BCUT2D eigenvalue weighted by molar-refractivity contribution is -0.115. The molecular formula is C17H18N4O3S. The first-order chi connectivity index (χ1) is 11.8. The number of hydrogen-bond donors (Lipinski definition) is 2. The van der Waals surface area contributed by atoms with Crippen molar-refractivity contribution in [1.29, 1.82) is 5.26 Å². The van der Waals surface area contributed by atoms with Gasteiger partial charge < -0.3 is 15.4 Å². The van der Waals surface area contributed by atoms with Gasteiger partial charge in [-0.2, -0.15) is 5.26 Å². The number of hydrogen-bond acceptors (Lipinski definition) is 6. The Bertz CT molecular complexity index is 818. The summed E-state index contributed by atoms with van der Waals surface area (Å²) in [6, 6.07) is 9.12. The van der Waals surface area contributed by atoms with Gasteiger partial charge in [0.05, 0.1) is 17.3 Å². The lowest BCUT2D eigenvalue weighted by Crippen LogP contribution is -2.37. The molecule has 0 saturated heterocycles. The molecular weight excluding hydrogens is 340 g/mol. The highest BCUT2D eigenvalue weighted by molar-refractivity contribution is 7.14. The lowest BCUT2D eigenvalue weighted by atomic mass is 10.1. The van der Waals surface area contributed by atoms with Crippen LogP contribution in [0.15, 0.2) is 29.6 Å². The highest BCUT2D eigenvalue weighted by atomic mass is 32.1. The summed E-state index contributed by atoms with van der Waals surface area (Å²) in [4.78, 5) is 27.7. The predicted octanol–water partition coefficient (Wildman–Crippen LogP) is 3.14. The molecule has 2 rings (SSSR count). The molecule has 25 heavy (non-hydrogen) atoms. The Balaban J connectivity index is 1.91. The van der Waals surface area contributed by atoms with Gasteiger partial charge in [-0.3, -0.25) is 4.79 Å². The first kappa shape index (κ1) is 18.4. The van der Waals surface area contributed by atoms with Crippen molar-refractivity contribution in [2.75, 3.05) is 11.9 Å². The van der Waals surface area contributed by atoms with Gasteiger partial charge in [0.2, 0.25) is 5.91 Å². The fourth-order valence-corrected chi connectivity index (χ4v) is 2.58. The molecule has 0 unspecified atom stereocenters. The number of nitrogens with zero attached hydrogens (tertiary/aromatic N) is 2. The van der Waals surface area contributed by atoms with Crippen molar-refractivity contribution in [1.82, 2.24) is 10.3 Å². The highest BCUT2D eigenvalue weighted by Crippen LogP contribution is 2.25. The van der Waals surface area contributed by atoms with Crippen LogP contribution in [0, 0.1) is 11.3 Å². The fraction of sp³-hybridized carbons (Fsp3) is 0.294. The van der Waals surface area contributed by atoms with Gasteiger partial charge in [0.15, 0.2) is 5.13 Å². The van der Waals surface area contributed by atoms with Crippen molar-refractivity contribution in [3.8, 4) is 17.3 Å². The van der Waals surface area contributed by atoms with E-state index in [1.807, 2.05) is 6.07 Å². The van der Waals surface area contributed by atoms with Crippen molar-refractivity contribution in [2.24, 2.45) is 0 Å². The topological polar surface area (TPSA) is 104 Å². The van der Waals surface area contributed by atoms with Gasteiger partial charge in [-0.05, 0) is 32.9 Å². The van der Waals surface area contributed by atoms with E-state index in [1.54, 1.807) is 44.4 Å². The van der Waals surface area contributed by atoms with Gasteiger partial charge in [-0.15, -0.1) is 11.3 Å². The minimum absolute atomic E-state index is 0.215. The van der Waals surface area contributed by atoms with E-state index in [-0.39, 0.29) is 6.54 Å². The molecule has 0 atom stereocenters. The fourth-order valence-electron chi connectivity index (χ4n) is 1.84. The van der Waals surface area contributed by atoms with E-state index in [1.165, 1.54) is 11.3 Å². The number of thiazole rings is 1. The molecule has 1 aromatic heterocycles. The molecule has 0 aliphatic heterocycles. The lowest BCUT2D eigenvalue weighted by Gasteiger charge is -2.19. The maximum absolute atomic E-state index is 11.9.